The summed E-state index contributed by atoms with van der Waals surface area (Å²) in [5.41, 5.74) is 0.916. The first kappa shape index (κ1) is 12.1. The Morgan fingerprint density at radius 3 is 1.56 bits per heavy atom. The van der Waals surface area contributed by atoms with E-state index in [4.69, 9.17) is 23.2 Å². The number of fused-ring (bicyclic) bond motifs is 2. The van der Waals surface area contributed by atoms with Crippen molar-refractivity contribution >= 4 is 76.5 Å². The van der Waals surface area contributed by atoms with Gasteiger partial charge < -0.3 is 0 Å². The second-order valence-electron chi connectivity index (χ2n) is 3.62. The molecule has 0 aliphatic carbocycles. The SMILES string of the molecule is O=C(Cl)c1c2ccsc2c(C(=O)Cl)c2ccsc12. The summed E-state index contributed by atoms with van der Waals surface area (Å²) in [6.07, 6.45) is 0. The van der Waals surface area contributed by atoms with Crippen molar-refractivity contribution in [2.75, 3.05) is 0 Å². The first-order valence-electron chi connectivity index (χ1n) is 4.91. The molecule has 18 heavy (non-hydrogen) atoms. The van der Waals surface area contributed by atoms with Crippen molar-refractivity contribution in [2.24, 2.45) is 0 Å². The molecule has 0 bridgehead atoms. The van der Waals surface area contributed by atoms with E-state index in [-0.39, 0.29) is 0 Å². The molecule has 0 N–H and O–H groups in total. The monoisotopic (exact) mass is 314 g/mol. The average Bonchev–Trinajstić information content (AvgIpc) is 2.91. The lowest BCUT2D eigenvalue weighted by atomic mass is 10.0. The van der Waals surface area contributed by atoms with Crippen LogP contribution in [0.15, 0.2) is 22.9 Å². The van der Waals surface area contributed by atoms with E-state index in [2.05, 4.69) is 0 Å². The van der Waals surface area contributed by atoms with Crippen molar-refractivity contribution in [1.29, 1.82) is 0 Å². The van der Waals surface area contributed by atoms with Crippen molar-refractivity contribution in [3.63, 3.8) is 0 Å². The maximum absolute atomic E-state index is 11.6. The van der Waals surface area contributed by atoms with Gasteiger partial charge in [0.1, 0.15) is 0 Å². The van der Waals surface area contributed by atoms with E-state index >= 15 is 0 Å². The molecule has 0 unspecified atom stereocenters. The summed E-state index contributed by atoms with van der Waals surface area (Å²) in [5.74, 6) is 0. The zero-order chi connectivity index (χ0) is 12.9. The zero-order valence-corrected chi connectivity index (χ0v) is 11.8. The molecule has 3 rings (SSSR count). The van der Waals surface area contributed by atoms with Gasteiger partial charge in [0.05, 0.1) is 11.1 Å². The van der Waals surface area contributed by atoms with Gasteiger partial charge in [-0.15, -0.1) is 22.7 Å². The zero-order valence-electron chi connectivity index (χ0n) is 8.70. The summed E-state index contributed by atoms with van der Waals surface area (Å²) < 4.78 is 1.43. The van der Waals surface area contributed by atoms with E-state index in [1.165, 1.54) is 22.7 Å². The number of halogens is 2. The maximum Gasteiger partial charge on any atom is 0.254 e. The smallest absolute Gasteiger partial charge is 0.254 e. The van der Waals surface area contributed by atoms with Gasteiger partial charge in [-0.2, -0.15) is 0 Å². The second-order valence-corrected chi connectivity index (χ2v) is 6.14. The summed E-state index contributed by atoms with van der Waals surface area (Å²) in [6.45, 7) is 0. The van der Waals surface area contributed by atoms with Gasteiger partial charge in [0.2, 0.25) is 0 Å². The Morgan fingerprint density at radius 2 is 1.22 bits per heavy atom. The summed E-state index contributed by atoms with van der Waals surface area (Å²) >= 11 is 14.1. The van der Waals surface area contributed by atoms with Crippen LogP contribution in [0.25, 0.3) is 20.2 Å². The third-order valence-electron chi connectivity index (χ3n) is 2.72. The van der Waals surface area contributed by atoms with Gasteiger partial charge in [-0.25, -0.2) is 0 Å². The van der Waals surface area contributed by atoms with Crippen LogP contribution in [-0.2, 0) is 0 Å². The third kappa shape index (κ3) is 1.61. The van der Waals surface area contributed by atoms with Gasteiger partial charge in [-0.1, -0.05) is 0 Å². The highest BCUT2D eigenvalue weighted by Crippen LogP contribution is 2.39. The van der Waals surface area contributed by atoms with Crippen molar-refractivity contribution in [1.82, 2.24) is 0 Å². The van der Waals surface area contributed by atoms with Crippen molar-refractivity contribution < 1.29 is 9.59 Å². The number of hydrogen-bond acceptors (Lipinski definition) is 4. The van der Waals surface area contributed by atoms with Gasteiger partial charge >= 0.3 is 0 Å². The molecule has 2 heterocycles. The Kier molecular flexibility index (Phi) is 2.90. The predicted octanol–water partition coefficient (Wildman–Crippen LogP) is 4.87. The molecule has 0 aliphatic heterocycles. The Morgan fingerprint density at radius 1 is 0.833 bits per heavy atom. The number of carbonyl (C=O) groups is 2. The molecule has 3 aromatic rings. The summed E-state index contributed by atoms with van der Waals surface area (Å²) in [7, 11) is 0. The number of benzene rings is 1. The minimum Gasteiger partial charge on any atom is -0.276 e. The lowest BCUT2D eigenvalue weighted by Gasteiger charge is -2.05. The molecule has 0 atom stereocenters. The molecule has 0 radical (unpaired) electrons. The van der Waals surface area contributed by atoms with Gasteiger partial charge in [-0.3, -0.25) is 9.59 Å². The first-order valence-corrected chi connectivity index (χ1v) is 7.43. The fourth-order valence-corrected chi connectivity index (χ4v) is 4.45. The largest absolute Gasteiger partial charge is 0.276 e. The highest BCUT2D eigenvalue weighted by atomic mass is 35.5. The average molecular weight is 315 g/mol. The lowest BCUT2D eigenvalue weighted by Crippen LogP contribution is -1.96. The Bertz CT molecular complexity index is 686. The number of rotatable bonds is 2. The van der Waals surface area contributed by atoms with E-state index in [9.17, 15) is 9.59 Å². The topological polar surface area (TPSA) is 34.1 Å². The highest BCUT2D eigenvalue weighted by molar-refractivity contribution is 7.20. The Hall–Kier alpha value is -0.940. The van der Waals surface area contributed by atoms with Crippen LogP contribution in [0.1, 0.15) is 20.7 Å². The van der Waals surface area contributed by atoms with Crippen LogP contribution in [-0.4, -0.2) is 10.5 Å². The van der Waals surface area contributed by atoms with Crippen molar-refractivity contribution in [3.05, 3.63) is 34.0 Å². The number of carbonyl (C=O) groups excluding carboxylic acids is 2. The van der Waals surface area contributed by atoms with Gasteiger partial charge in [0.25, 0.3) is 10.5 Å². The van der Waals surface area contributed by atoms with Gasteiger partial charge in [0, 0.05) is 20.2 Å². The fourth-order valence-electron chi connectivity index (χ4n) is 2.03. The maximum atomic E-state index is 11.6. The number of thiophene rings is 2. The molecule has 2 aromatic heterocycles. The van der Waals surface area contributed by atoms with Crippen LogP contribution in [0.3, 0.4) is 0 Å². The van der Waals surface area contributed by atoms with Crippen LogP contribution < -0.4 is 0 Å². The minimum absolute atomic E-state index is 0.458. The fraction of sp³-hybridized carbons (Fsp3) is 0. The molecule has 1 aromatic carbocycles. The van der Waals surface area contributed by atoms with Crippen LogP contribution in [0.4, 0.5) is 0 Å². The van der Waals surface area contributed by atoms with Crippen molar-refractivity contribution in [3.8, 4) is 0 Å². The molecule has 0 saturated carbocycles. The molecule has 0 amide bonds. The molecule has 0 saturated heterocycles. The molecular formula is C12H4Cl2O2S2. The molecule has 0 spiro atoms. The van der Waals surface area contributed by atoms with Crippen LogP contribution in [0.5, 0.6) is 0 Å². The molecular weight excluding hydrogens is 311 g/mol. The molecule has 0 fully saturated rings. The summed E-state index contributed by atoms with van der Waals surface area (Å²) in [6, 6.07) is 3.58. The predicted molar refractivity (Wildman–Crippen MR) is 77.6 cm³/mol. The summed E-state index contributed by atoms with van der Waals surface area (Å²) in [5, 5.41) is 4.00. The van der Waals surface area contributed by atoms with E-state index in [1.807, 2.05) is 10.8 Å². The van der Waals surface area contributed by atoms with E-state index in [0.717, 1.165) is 0 Å². The van der Waals surface area contributed by atoms with Crippen LogP contribution >= 0.6 is 45.9 Å². The second kappa shape index (κ2) is 4.31. The lowest BCUT2D eigenvalue weighted by molar-refractivity contribution is 0.107. The summed E-state index contributed by atoms with van der Waals surface area (Å²) in [4.78, 5) is 23.2. The van der Waals surface area contributed by atoms with Crippen LogP contribution in [0.2, 0.25) is 0 Å². The van der Waals surface area contributed by atoms with Gasteiger partial charge in [-0.05, 0) is 46.1 Å². The Labute approximate surface area is 120 Å². The minimum atomic E-state index is -0.514. The van der Waals surface area contributed by atoms with Crippen LogP contribution in [0, 0.1) is 0 Å². The standard InChI is InChI=1S/C12H4Cl2O2S2/c13-11(15)7-5-1-3-17-9(5)8(12(14)16)6-2-4-18-10(6)7/h1-4H. The third-order valence-corrected chi connectivity index (χ3v) is 4.96. The number of hydrogen-bond donors (Lipinski definition) is 0. The first-order chi connectivity index (χ1) is 8.61. The molecule has 2 nitrogen and oxygen atoms in total. The normalized spacial score (nSPS) is 11.2. The molecule has 0 aliphatic rings. The van der Waals surface area contributed by atoms with E-state index in [0.29, 0.717) is 31.3 Å². The molecule has 6 heteroatoms. The highest BCUT2D eigenvalue weighted by Gasteiger charge is 2.22. The van der Waals surface area contributed by atoms with E-state index in [1.54, 1.807) is 12.1 Å². The van der Waals surface area contributed by atoms with Gasteiger partial charge in [0.15, 0.2) is 0 Å². The molecule has 90 valence electrons. The van der Waals surface area contributed by atoms with E-state index < -0.39 is 10.5 Å². The Balaban J connectivity index is 2.65. The quantitative estimate of drug-likeness (QED) is 0.632. The van der Waals surface area contributed by atoms with Crippen molar-refractivity contribution in [2.45, 2.75) is 0 Å².